The SMILES string of the molecule is Cl.NCCCNc1c(C(N)=O)sc2c1CCc1ccccc1-2. The summed E-state index contributed by atoms with van der Waals surface area (Å²) in [6, 6.07) is 8.38. The number of anilines is 1. The molecule has 1 amide bonds. The van der Waals surface area contributed by atoms with E-state index in [0.717, 1.165) is 31.5 Å². The molecule has 0 radical (unpaired) electrons. The van der Waals surface area contributed by atoms with Crippen LogP contribution in [0.3, 0.4) is 0 Å². The molecule has 0 fully saturated rings. The second-order valence-electron chi connectivity index (χ2n) is 5.20. The van der Waals surface area contributed by atoms with Crippen molar-refractivity contribution in [3.63, 3.8) is 0 Å². The first-order chi connectivity index (χ1) is 10.2. The quantitative estimate of drug-likeness (QED) is 0.734. The number of fused-ring (bicyclic) bond motifs is 3. The van der Waals surface area contributed by atoms with Crippen LogP contribution in [-0.2, 0) is 12.8 Å². The van der Waals surface area contributed by atoms with Crippen LogP contribution in [0.25, 0.3) is 10.4 Å². The average Bonchev–Trinajstić information content (AvgIpc) is 2.87. The predicted octanol–water partition coefficient (Wildman–Crippen LogP) is 2.80. The first-order valence-corrected chi connectivity index (χ1v) is 8.01. The van der Waals surface area contributed by atoms with E-state index in [9.17, 15) is 4.79 Å². The molecule has 2 aromatic rings. The summed E-state index contributed by atoms with van der Waals surface area (Å²) in [6.45, 7) is 1.40. The number of primary amides is 1. The van der Waals surface area contributed by atoms with Crippen LogP contribution in [0.1, 0.15) is 27.2 Å². The van der Waals surface area contributed by atoms with Gasteiger partial charge in [-0.3, -0.25) is 4.79 Å². The van der Waals surface area contributed by atoms with Gasteiger partial charge in [-0.1, -0.05) is 24.3 Å². The number of hydrogen-bond donors (Lipinski definition) is 3. The fourth-order valence-electron chi connectivity index (χ4n) is 2.82. The Balaban J connectivity index is 0.00000176. The van der Waals surface area contributed by atoms with E-state index in [1.807, 2.05) is 6.07 Å². The number of hydrogen-bond acceptors (Lipinski definition) is 4. The normalized spacial score (nSPS) is 12.0. The van der Waals surface area contributed by atoms with Gasteiger partial charge in [0.05, 0.1) is 5.69 Å². The van der Waals surface area contributed by atoms with Crippen LogP contribution in [0.2, 0.25) is 0 Å². The molecule has 4 nitrogen and oxygen atoms in total. The smallest absolute Gasteiger partial charge is 0.260 e. The Morgan fingerprint density at radius 3 is 2.77 bits per heavy atom. The van der Waals surface area contributed by atoms with Gasteiger partial charge in [0.25, 0.3) is 5.91 Å². The van der Waals surface area contributed by atoms with E-state index in [0.29, 0.717) is 11.4 Å². The molecule has 1 aliphatic carbocycles. The summed E-state index contributed by atoms with van der Waals surface area (Å²) >= 11 is 1.50. The van der Waals surface area contributed by atoms with Gasteiger partial charge < -0.3 is 16.8 Å². The van der Waals surface area contributed by atoms with Crippen molar-refractivity contribution < 1.29 is 4.79 Å². The summed E-state index contributed by atoms with van der Waals surface area (Å²) in [4.78, 5) is 13.6. The molecule has 1 aromatic heterocycles. The molecule has 1 aromatic carbocycles. The molecule has 1 aliphatic rings. The zero-order chi connectivity index (χ0) is 14.8. The highest BCUT2D eigenvalue weighted by Gasteiger charge is 2.26. The first kappa shape index (κ1) is 16.8. The van der Waals surface area contributed by atoms with Crippen molar-refractivity contribution in [2.45, 2.75) is 19.3 Å². The first-order valence-electron chi connectivity index (χ1n) is 7.20. The van der Waals surface area contributed by atoms with E-state index in [2.05, 4.69) is 23.5 Å². The lowest BCUT2D eigenvalue weighted by molar-refractivity contribution is 0.100. The summed E-state index contributed by atoms with van der Waals surface area (Å²) in [5, 5.41) is 3.36. The number of thiophene rings is 1. The maximum atomic E-state index is 11.8. The van der Waals surface area contributed by atoms with E-state index in [1.54, 1.807) is 0 Å². The van der Waals surface area contributed by atoms with Crippen LogP contribution in [0.4, 0.5) is 5.69 Å². The van der Waals surface area contributed by atoms with Crippen molar-refractivity contribution in [2.75, 3.05) is 18.4 Å². The molecule has 0 saturated carbocycles. The highest BCUT2D eigenvalue weighted by atomic mass is 35.5. The molecule has 118 valence electrons. The van der Waals surface area contributed by atoms with E-state index in [1.165, 1.54) is 32.9 Å². The molecule has 0 unspecified atom stereocenters. The third-order valence-electron chi connectivity index (χ3n) is 3.82. The van der Waals surface area contributed by atoms with Crippen molar-refractivity contribution in [3.8, 4) is 10.4 Å². The van der Waals surface area contributed by atoms with Crippen molar-refractivity contribution in [2.24, 2.45) is 11.5 Å². The van der Waals surface area contributed by atoms with Gasteiger partial charge in [-0.15, -0.1) is 23.7 Å². The minimum atomic E-state index is -0.359. The van der Waals surface area contributed by atoms with Crippen LogP contribution >= 0.6 is 23.7 Å². The lowest BCUT2D eigenvalue weighted by atomic mass is 9.90. The molecule has 5 N–H and O–H groups in total. The number of amides is 1. The molecule has 22 heavy (non-hydrogen) atoms. The molecule has 3 rings (SSSR count). The third-order valence-corrected chi connectivity index (χ3v) is 5.10. The summed E-state index contributed by atoms with van der Waals surface area (Å²) in [7, 11) is 0. The van der Waals surface area contributed by atoms with E-state index >= 15 is 0 Å². The Hall–Kier alpha value is -1.56. The highest BCUT2D eigenvalue weighted by Crippen LogP contribution is 2.44. The van der Waals surface area contributed by atoms with E-state index in [-0.39, 0.29) is 18.3 Å². The van der Waals surface area contributed by atoms with Gasteiger partial charge in [0.1, 0.15) is 4.88 Å². The topological polar surface area (TPSA) is 81.1 Å². The molecule has 0 atom stereocenters. The van der Waals surface area contributed by atoms with Crippen molar-refractivity contribution in [3.05, 3.63) is 40.3 Å². The zero-order valence-corrected chi connectivity index (χ0v) is 13.9. The number of nitrogens with one attached hydrogen (secondary N) is 1. The molecule has 6 heteroatoms. The van der Waals surface area contributed by atoms with Gasteiger partial charge in [-0.05, 0) is 42.5 Å². The van der Waals surface area contributed by atoms with Crippen LogP contribution in [0.5, 0.6) is 0 Å². The van der Waals surface area contributed by atoms with Crippen LogP contribution in [0.15, 0.2) is 24.3 Å². The lowest BCUT2D eigenvalue weighted by Crippen LogP contribution is -2.15. The van der Waals surface area contributed by atoms with Crippen LogP contribution < -0.4 is 16.8 Å². The number of halogens is 1. The number of benzene rings is 1. The minimum absolute atomic E-state index is 0. The Kier molecular flexibility index (Phi) is 5.45. The number of nitrogens with two attached hydrogens (primary N) is 2. The summed E-state index contributed by atoms with van der Waals surface area (Å²) < 4.78 is 0. The monoisotopic (exact) mass is 337 g/mol. The Labute approximate surface area is 140 Å². The highest BCUT2D eigenvalue weighted by molar-refractivity contribution is 7.18. The predicted molar refractivity (Wildman–Crippen MR) is 95.1 cm³/mol. The zero-order valence-electron chi connectivity index (χ0n) is 12.2. The average molecular weight is 338 g/mol. The summed E-state index contributed by atoms with van der Waals surface area (Å²) in [6.07, 6.45) is 2.82. The largest absolute Gasteiger partial charge is 0.383 e. The van der Waals surface area contributed by atoms with Crippen molar-refractivity contribution in [1.82, 2.24) is 0 Å². The summed E-state index contributed by atoms with van der Waals surface area (Å²) in [5.41, 5.74) is 15.8. The molecule has 0 spiro atoms. The Bertz CT molecular complexity index is 684. The summed E-state index contributed by atoms with van der Waals surface area (Å²) in [5.74, 6) is -0.359. The van der Waals surface area contributed by atoms with Gasteiger partial charge >= 0.3 is 0 Å². The lowest BCUT2D eigenvalue weighted by Gasteiger charge is -2.17. The van der Waals surface area contributed by atoms with Gasteiger partial charge in [0, 0.05) is 11.4 Å². The van der Waals surface area contributed by atoms with Crippen molar-refractivity contribution in [1.29, 1.82) is 0 Å². The van der Waals surface area contributed by atoms with E-state index in [4.69, 9.17) is 11.5 Å². The molecular weight excluding hydrogens is 318 g/mol. The molecule has 0 bridgehead atoms. The molecule has 1 heterocycles. The Morgan fingerprint density at radius 1 is 1.27 bits per heavy atom. The molecular formula is C16H20ClN3OS. The number of carbonyl (C=O) groups excluding carboxylic acids is 1. The molecule has 0 saturated heterocycles. The number of rotatable bonds is 5. The third kappa shape index (κ3) is 2.97. The molecule has 0 aliphatic heterocycles. The van der Waals surface area contributed by atoms with Gasteiger partial charge in [-0.2, -0.15) is 0 Å². The maximum absolute atomic E-state index is 11.8. The second-order valence-corrected chi connectivity index (χ2v) is 6.22. The van der Waals surface area contributed by atoms with Gasteiger partial charge in [-0.25, -0.2) is 0 Å². The Morgan fingerprint density at radius 2 is 2.05 bits per heavy atom. The number of aryl methyl sites for hydroxylation is 1. The fraction of sp³-hybridized carbons (Fsp3) is 0.312. The van der Waals surface area contributed by atoms with E-state index < -0.39 is 0 Å². The minimum Gasteiger partial charge on any atom is -0.383 e. The number of carbonyl (C=O) groups is 1. The second kappa shape index (κ2) is 7.13. The van der Waals surface area contributed by atoms with Crippen LogP contribution in [-0.4, -0.2) is 19.0 Å². The van der Waals surface area contributed by atoms with Gasteiger partial charge in [0.2, 0.25) is 0 Å². The van der Waals surface area contributed by atoms with Gasteiger partial charge in [0.15, 0.2) is 0 Å². The maximum Gasteiger partial charge on any atom is 0.260 e. The standard InChI is InChI=1S/C16H19N3OS.ClH/c17-8-3-9-19-13-12-7-6-10-4-1-2-5-11(10)14(12)21-15(13)16(18)20;/h1-2,4-5,19H,3,6-9,17H2,(H2,18,20);1H. The fourth-order valence-corrected chi connectivity index (χ4v) is 4.06. The van der Waals surface area contributed by atoms with Crippen molar-refractivity contribution >= 4 is 35.3 Å². The van der Waals surface area contributed by atoms with Crippen LogP contribution in [0, 0.1) is 0 Å².